The molecule has 0 aliphatic heterocycles. The van der Waals surface area contributed by atoms with Gasteiger partial charge in [-0.2, -0.15) is 8.42 Å². The molecule has 0 aromatic carbocycles. The number of carbonyl (C=O) groups excluding carboxylic acids is 1. The van der Waals surface area contributed by atoms with E-state index in [2.05, 4.69) is 4.18 Å². The van der Waals surface area contributed by atoms with Gasteiger partial charge in [0.2, 0.25) is 0 Å². The molecule has 0 saturated carbocycles. The van der Waals surface area contributed by atoms with Crippen LogP contribution in [0.15, 0.2) is 0 Å². The minimum absolute atomic E-state index is 0.199. The standard InChI is InChI=1S/C8H17NO6S/c1-4-14-6-9(7(2)3)16(12,13)15-8(11)5-10/h7,10H,4-6H2,1-3H3. The van der Waals surface area contributed by atoms with Crippen LogP contribution >= 0.6 is 0 Å². The Morgan fingerprint density at radius 3 is 2.38 bits per heavy atom. The van der Waals surface area contributed by atoms with Crippen molar-refractivity contribution < 1.29 is 27.2 Å². The van der Waals surface area contributed by atoms with Crippen LogP contribution in [0.5, 0.6) is 0 Å². The molecule has 0 aromatic rings. The molecule has 0 radical (unpaired) electrons. The lowest BCUT2D eigenvalue weighted by Crippen LogP contribution is -2.41. The van der Waals surface area contributed by atoms with Crippen molar-refractivity contribution in [2.24, 2.45) is 0 Å². The van der Waals surface area contributed by atoms with Gasteiger partial charge in [-0.3, -0.25) is 0 Å². The van der Waals surface area contributed by atoms with Crippen LogP contribution in [-0.4, -0.2) is 49.8 Å². The van der Waals surface area contributed by atoms with Gasteiger partial charge in [0.25, 0.3) is 0 Å². The molecule has 0 rings (SSSR count). The third kappa shape index (κ3) is 4.88. The van der Waals surface area contributed by atoms with E-state index >= 15 is 0 Å². The van der Waals surface area contributed by atoms with Gasteiger partial charge in [0.15, 0.2) is 0 Å². The molecule has 96 valence electrons. The molecule has 0 fully saturated rings. The van der Waals surface area contributed by atoms with Crippen molar-refractivity contribution in [2.75, 3.05) is 19.9 Å². The van der Waals surface area contributed by atoms with Crippen molar-refractivity contribution in [3.05, 3.63) is 0 Å². The van der Waals surface area contributed by atoms with Gasteiger partial charge in [-0.25, -0.2) is 4.79 Å². The van der Waals surface area contributed by atoms with E-state index in [0.717, 1.165) is 4.31 Å². The van der Waals surface area contributed by atoms with Crippen LogP contribution in [-0.2, 0) is 24.0 Å². The number of hydrogen-bond acceptors (Lipinski definition) is 6. The summed E-state index contributed by atoms with van der Waals surface area (Å²) in [6.45, 7) is 4.10. The molecular formula is C8H17NO6S. The van der Waals surface area contributed by atoms with Crippen LogP contribution < -0.4 is 0 Å². The Morgan fingerprint density at radius 1 is 1.44 bits per heavy atom. The van der Waals surface area contributed by atoms with E-state index < -0.39 is 28.9 Å². The van der Waals surface area contributed by atoms with Crippen LogP contribution in [0.4, 0.5) is 0 Å². The van der Waals surface area contributed by atoms with Crippen molar-refractivity contribution in [2.45, 2.75) is 26.8 Å². The minimum atomic E-state index is -4.21. The lowest BCUT2D eigenvalue weighted by Gasteiger charge is -2.23. The highest BCUT2D eigenvalue weighted by atomic mass is 32.2. The molecule has 8 heteroatoms. The van der Waals surface area contributed by atoms with E-state index in [0.29, 0.717) is 6.61 Å². The molecule has 1 N–H and O–H groups in total. The van der Waals surface area contributed by atoms with Crippen molar-refractivity contribution in [3.63, 3.8) is 0 Å². The van der Waals surface area contributed by atoms with Gasteiger partial charge >= 0.3 is 16.3 Å². The predicted octanol–water partition coefficient (Wildman–Crippen LogP) is -0.529. The zero-order chi connectivity index (χ0) is 12.8. The van der Waals surface area contributed by atoms with E-state index in [1.54, 1.807) is 20.8 Å². The maximum atomic E-state index is 11.5. The van der Waals surface area contributed by atoms with Gasteiger partial charge in [-0.05, 0) is 20.8 Å². The smallest absolute Gasteiger partial charge is 0.385 e. The second-order valence-corrected chi connectivity index (χ2v) is 4.67. The third-order valence-corrected chi connectivity index (χ3v) is 3.11. The summed E-state index contributed by atoms with van der Waals surface area (Å²) in [5.74, 6) is -1.22. The van der Waals surface area contributed by atoms with Crippen molar-refractivity contribution >= 4 is 16.3 Å². The zero-order valence-corrected chi connectivity index (χ0v) is 10.4. The first kappa shape index (κ1) is 15.3. The van der Waals surface area contributed by atoms with Crippen LogP contribution in [0.1, 0.15) is 20.8 Å². The maximum Gasteiger partial charge on any atom is 0.389 e. The molecule has 0 saturated heterocycles. The first-order valence-corrected chi connectivity index (χ1v) is 6.14. The Bertz CT molecular complexity index is 312. The molecule has 7 nitrogen and oxygen atoms in total. The molecule has 0 atom stereocenters. The Labute approximate surface area is 95.2 Å². The number of hydrogen-bond donors (Lipinski definition) is 1. The molecule has 0 bridgehead atoms. The second-order valence-electron chi connectivity index (χ2n) is 3.17. The lowest BCUT2D eigenvalue weighted by atomic mass is 10.4. The van der Waals surface area contributed by atoms with Gasteiger partial charge in [-0.15, -0.1) is 4.31 Å². The normalized spacial score (nSPS) is 12.1. The first-order chi connectivity index (χ1) is 7.35. The Kier molecular flexibility index (Phi) is 6.49. The van der Waals surface area contributed by atoms with Gasteiger partial charge in [0.1, 0.15) is 13.3 Å². The van der Waals surface area contributed by atoms with Gasteiger partial charge in [0, 0.05) is 12.6 Å². The SMILES string of the molecule is CCOCN(C(C)C)S(=O)(=O)OC(=O)CO. The van der Waals surface area contributed by atoms with Gasteiger partial charge in [-0.1, -0.05) is 0 Å². The summed E-state index contributed by atoms with van der Waals surface area (Å²) in [5, 5.41) is 8.41. The van der Waals surface area contributed by atoms with Crippen LogP contribution in [0, 0.1) is 0 Å². The fraction of sp³-hybridized carbons (Fsp3) is 0.875. The number of ether oxygens (including phenoxy) is 1. The van der Waals surface area contributed by atoms with Crippen molar-refractivity contribution in [1.82, 2.24) is 4.31 Å². The van der Waals surface area contributed by atoms with Crippen molar-refractivity contribution in [1.29, 1.82) is 0 Å². The molecule has 0 aliphatic carbocycles. The summed E-state index contributed by atoms with van der Waals surface area (Å²) < 4.78 is 33.0. The van der Waals surface area contributed by atoms with Crippen LogP contribution in [0.2, 0.25) is 0 Å². The summed E-state index contributed by atoms with van der Waals surface area (Å²) >= 11 is 0. The Morgan fingerprint density at radius 2 is 2.00 bits per heavy atom. The van der Waals surface area contributed by atoms with E-state index in [1.807, 2.05) is 0 Å². The Balaban J connectivity index is 4.69. The highest BCUT2D eigenvalue weighted by Gasteiger charge is 2.28. The number of nitrogens with zero attached hydrogens (tertiary/aromatic N) is 1. The molecular weight excluding hydrogens is 238 g/mol. The number of aliphatic hydroxyl groups is 1. The van der Waals surface area contributed by atoms with Crippen LogP contribution in [0.25, 0.3) is 0 Å². The lowest BCUT2D eigenvalue weighted by molar-refractivity contribution is -0.137. The molecule has 0 aromatic heterocycles. The summed E-state index contributed by atoms with van der Waals surface area (Å²) in [6, 6.07) is -0.414. The fourth-order valence-corrected chi connectivity index (χ4v) is 1.95. The minimum Gasteiger partial charge on any atom is -0.385 e. The summed E-state index contributed by atoms with van der Waals surface area (Å²) in [7, 11) is -4.21. The van der Waals surface area contributed by atoms with E-state index in [-0.39, 0.29) is 6.73 Å². The van der Waals surface area contributed by atoms with Gasteiger partial charge < -0.3 is 14.0 Å². The number of rotatable bonds is 7. The summed E-state index contributed by atoms with van der Waals surface area (Å²) in [6.07, 6.45) is 0. The Hall–Kier alpha value is -0.700. The van der Waals surface area contributed by atoms with Gasteiger partial charge in [0.05, 0.1) is 0 Å². The highest BCUT2D eigenvalue weighted by molar-refractivity contribution is 7.84. The molecule has 0 unspecified atom stereocenters. The molecule has 16 heavy (non-hydrogen) atoms. The molecule has 0 amide bonds. The quantitative estimate of drug-likeness (QED) is 0.615. The number of aliphatic hydroxyl groups excluding tert-OH is 1. The van der Waals surface area contributed by atoms with E-state index in [4.69, 9.17) is 9.84 Å². The predicted molar refractivity (Wildman–Crippen MR) is 55.6 cm³/mol. The molecule has 0 heterocycles. The number of carbonyl (C=O) groups is 1. The average molecular weight is 255 g/mol. The van der Waals surface area contributed by atoms with E-state index in [9.17, 15) is 13.2 Å². The van der Waals surface area contributed by atoms with Crippen LogP contribution in [0.3, 0.4) is 0 Å². The summed E-state index contributed by atoms with van der Waals surface area (Å²) in [4.78, 5) is 10.7. The first-order valence-electron chi connectivity index (χ1n) is 4.77. The van der Waals surface area contributed by atoms with Crippen molar-refractivity contribution in [3.8, 4) is 0 Å². The summed E-state index contributed by atoms with van der Waals surface area (Å²) in [5.41, 5.74) is 0. The topological polar surface area (TPSA) is 93.1 Å². The molecule has 0 spiro atoms. The average Bonchev–Trinajstić information content (AvgIpc) is 2.16. The second kappa shape index (κ2) is 6.79. The van der Waals surface area contributed by atoms with E-state index in [1.165, 1.54) is 0 Å². The highest BCUT2D eigenvalue weighted by Crippen LogP contribution is 2.09. The zero-order valence-electron chi connectivity index (χ0n) is 9.54. The third-order valence-electron chi connectivity index (χ3n) is 1.61. The molecule has 0 aliphatic rings. The largest absolute Gasteiger partial charge is 0.389 e. The monoisotopic (exact) mass is 255 g/mol. The fourth-order valence-electron chi connectivity index (χ4n) is 0.845. The maximum absolute atomic E-state index is 11.5.